The van der Waals surface area contributed by atoms with Gasteiger partial charge in [-0.05, 0) is 30.3 Å². The zero-order valence-corrected chi connectivity index (χ0v) is 15.6. The highest BCUT2D eigenvalue weighted by Crippen LogP contribution is 2.33. The summed E-state index contributed by atoms with van der Waals surface area (Å²) in [7, 11) is 1.47. The van der Waals surface area contributed by atoms with Crippen LogP contribution < -0.4 is 10.1 Å². The summed E-state index contributed by atoms with van der Waals surface area (Å²) in [6.07, 6.45) is 2.51. The van der Waals surface area contributed by atoms with Crippen LogP contribution in [0, 0.1) is 0 Å². The molecular formula is C19H17Cl2N3O2. The van der Waals surface area contributed by atoms with E-state index in [4.69, 9.17) is 27.9 Å². The van der Waals surface area contributed by atoms with Crippen LogP contribution in [0.15, 0.2) is 54.7 Å². The van der Waals surface area contributed by atoms with Gasteiger partial charge in [-0.15, -0.1) is 0 Å². The number of methoxy groups -OCH3 is 1. The first-order chi connectivity index (χ1) is 12.6. The van der Waals surface area contributed by atoms with E-state index in [1.807, 2.05) is 42.6 Å². The molecule has 0 saturated heterocycles. The van der Waals surface area contributed by atoms with Gasteiger partial charge in [0.1, 0.15) is 0 Å². The Kier molecular flexibility index (Phi) is 5.81. The summed E-state index contributed by atoms with van der Waals surface area (Å²) in [5.74, 6) is 0.107. The molecule has 0 atom stereocenters. The molecule has 2 aromatic carbocycles. The number of hydrogen-bond donors (Lipinski definition) is 1. The Morgan fingerprint density at radius 2 is 1.85 bits per heavy atom. The second-order valence-electron chi connectivity index (χ2n) is 5.57. The fourth-order valence-corrected chi connectivity index (χ4v) is 3.15. The van der Waals surface area contributed by atoms with Gasteiger partial charge in [-0.2, -0.15) is 5.10 Å². The number of nitrogens with zero attached hydrogens (tertiary/aromatic N) is 2. The van der Waals surface area contributed by atoms with Gasteiger partial charge in [0.15, 0.2) is 5.75 Å². The fraction of sp³-hybridized carbons (Fsp3) is 0.158. The van der Waals surface area contributed by atoms with Crippen LogP contribution in [0.25, 0.3) is 5.69 Å². The van der Waals surface area contributed by atoms with Crippen molar-refractivity contribution in [3.63, 3.8) is 0 Å². The molecule has 0 spiro atoms. The van der Waals surface area contributed by atoms with Gasteiger partial charge in [0, 0.05) is 24.7 Å². The number of carbonyl (C=O) groups excluding carboxylic acids is 1. The van der Waals surface area contributed by atoms with Crippen molar-refractivity contribution in [1.82, 2.24) is 15.1 Å². The van der Waals surface area contributed by atoms with E-state index in [1.54, 1.807) is 4.68 Å². The molecular weight excluding hydrogens is 373 g/mol. The molecule has 134 valence electrons. The number of aromatic nitrogens is 2. The number of halogens is 2. The normalized spacial score (nSPS) is 10.6. The molecule has 1 heterocycles. The van der Waals surface area contributed by atoms with Crippen LogP contribution >= 0.6 is 23.2 Å². The van der Waals surface area contributed by atoms with Crippen LogP contribution in [-0.2, 0) is 6.42 Å². The number of nitrogens with one attached hydrogen (secondary N) is 1. The molecule has 26 heavy (non-hydrogen) atoms. The highest BCUT2D eigenvalue weighted by Gasteiger charge is 2.13. The van der Waals surface area contributed by atoms with Crippen LogP contribution in [0.3, 0.4) is 0 Å². The maximum Gasteiger partial charge on any atom is 0.251 e. The summed E-state index contributed by atoms with van der Waals surface area (Å²) in [6, 6.07) is 14.8. The number of carbonyl (C=O) groups is 1. The molecule has 0 bridgehead atoms. The van der Waals surface area contributed by atoms with Gasteiger partial charge in [0.05, 0.1) is 28.5 Å². The molecule has 3 rings (SSSR count). The van der Waals surface area contributed by atoms with E-state index in [-0.39, 0.29) is 5.91 Å². The van der Waals surface area contributed by atoms with Crippen LogP contribution in [-0.4, -0.2) is 29.3 Å². The second kappa shape index (κ2) is 8.25. The predicted molar refractivity (Wildman–Crippen MR) is 103 cm³/mol. The van der Waals surface area contributed by atoms with Gasteiger partial charge >= 0.3 is 0 Å². The summed E-state index contributed by atoms with van der Waals surface area (Å²) >= 11 is 12.1. The molecule has 0 aliphatic rings. The number of amides is 1. The molecule has 0 unspecified atom stereocenters. The van der Waals surface area contributed by atoms with Gasteiger partial charge < -0.3 is 10.1 Å². The maximum absolute atomic E-state index is 12.3. The second-order valence-corrected chi connectivity index (χ2v) is 6.38. The van der Waals surface area contributed by atoms with E-state index in [0.29, 0.717) is 34.3 Å². The molecule has 0 aliphatic heterocycles. The van der Waals surface area contributed by atoms with E-state index in [9.17, 15) is 4.79 Å². The van der Waals surface area contributed by atoms with Crippen molar-refractivity contribution in [2.75, 3.05) is 13.7 Å². The fourth-order valence-electron chi connectivity index (χ4n) is 2.51. The monoisotopic (exact) mass is 389 g/mol. The van der Waals surface area contributed by atoms with Crippen molar-refractivity contribution < 1.29 is 9.53 Å². The topological polar surface area (TPSA) is 56.1 Å². The van der Waals surface area contributed by atoms with Crippen molar-refractivity contribution in [1.29, 1.82) is 0 Å². The van der Waals surface area contributed by atoms with E-state index in [0.717, 1.165) is 11.4 Å². The summed E-state index contributed by atoms with van der Waals surface area (Å²) in [5, 5.41) is 7.95. The van der Waals surface area contributed by atoms with E-state index >= 15 is 0 Å². The number of hydrogen-bond acceptors (Lipinski definition) is 3. The Morgan fingerprint density at radius 1 is 1.15 bits per heavy atom. The highest BCUT2D eigenvalue weighted by molar-refractivity contribution is 6.37. The summed E-state index contributed by atoms with van der Waals surface area (Å²) in [4.78, 5) is 12.3. The van der Waals surface area contributed by atoms with E-state index < -0.39 is 0 Å². The largest absolute Gasteiger partial charge is 0.494 e. The third kappa shape index (κ3) is 4.18. The Hall–Kier alpha value is -2.50. The minimum atomic E-state index is -0.251. The minimum absolute atomic E-state index is 0.251. The number of benzene rings is 2. The highest BCUT2D eigenvalue weighted by atomic mass is 35.5. The lowest BCUT2D eigenvalue weighted by Gasteiger charge is -2.09. The molecule has 1 aromatic heterocycles. The zero-order valence-electron chi connectivity index (χ0n) is 14.1. The van der Waals surface area contributed by atoms with Crippen molar-refractivity contribution in [3.8, 4) is 11.4 Å². The van der Waals surface area contributed by atoms with Crippen LogP contribution in [0.2, 0.25) is 10.0 Å². The first-order valence-corrected chi connectivity index (χ1v) is 8.75. The lowest BCUT2D eigenvalue weighted by molar-refractivity contribution is 0.0954. The van der Waals surface area contributed by atoms with Crippen molar-refractivity contribution in [2.45, 2.75) is 6.42 Å². The summed E-state index contributed by atoms with van der Waals surface area (Å²) < 4.78 is 6.89. The SMILES string of the molecule is COc1c(Cl)cc(C(=O)NCCc2ccn(-c3ccccc3)n2)cc1Cl. The number of rotatable bonds is 6. The lowest BCUT2D eigenvalue weighted by atomic mass is 10.2. The van der Waals surface area contributed by atoms with Crippen molar-refractivity contribution in [2.24, 2.45) is 0 Å². The Balaban J connectivity index is 1.58. The molecule has 0 fully saturated rings. The average molecular weight is 390 g/mol. The summed E-state index contributed by atoms with van der Waals surface area (Å²) in [6.45, 7) is 0.450. The van der Waals surface area contributed by atoms with Gasteiger partial charge in [-0.25, -0.2) is 4.68 Å². The standard InChI is InChI=1S/C19H17Cl2N3O2/c1-26-18-16(20)11-13(12-17(18)21)19(25)22-9-7-14-8-10-24(23-14)15-5-3-2-4-6-15/h2-6,8,10-12H,7,9H2,1H3,(H,22,25). The van der Waals surface area contributed by atoms with Crippen LogP contribution in [0.4, 0.5) is 0 Å². The number of para-hydroxylation sites is 1. The van der Waals surface area contributed by atoms with Crippen molar-refractivity contribution in [3.05, 3.63) is 76.0 Å². The first-order valence-electron chi connectivity index (χ1n) is 7.99. The van der Waals surface area contributed by atoms with Gasteiger partial charge in [-0.3, -0.25) is 4.79 Å². The Labute approximate surface area is 161 Å². The summed E-state index contributed by atoms with van der Waals surface area (Å²) in [5.41, 5.74) is 2.26. The lowest BCUT2D eigenvalue weighted by Crippen LogP contribution is -2.25. The molecule has 0 saturated carbocycles. The molecule has 0 aliphatic carbocycles. The van der Waals surface area contributed by atoms with Crippen LogP contribution in [0.5, 0.6) is 5.75 Å². The molecule has 5 nitrogen and oxygen atoms in total. The van der Waals surface area contributed by atoms with E-state index in [1.165, 1.54) is 19.2 Å². The quantitative estimate of drug-likeness (QED) is 0.688. The smallest absolute Gasteiger partial charge is 0.251 e. The Morgan fingerprint density at radius 3 is 2.50 bits per heavy atom. The average Bonchev–Trinajstić information content (AvgIpc) is 3.11. The van der Waals surface area contributed by atoms with Gasteiger partial charge in [-0.1, -0.05) is 41.4 Å². The van der Waals surface area contributed by atoms with Gasteiger partial charge in [0.2, 0.25) is 0 Å². The Bertz CT molecular complexity index is 887. The molecule has 0 radical (unpaired) electrons. The zero-order chi connectivity index (χ0) is 18.5. The first kappa shape index (κ1) is 18.3. The molecule has 7 heteroatoms. The maximum atomic E-state index is 12.3. The van der Waals surface area contributed by atoms with E-state index in [2.05, 4.69) is 10.4 Å². The number of ether oxygens (including phenoxy) is 1. The minimum Gasteiger partial charge on any atom is -0.494 e. The molecule has 1 amide bonds. The van der Waals surface area contributed by atoms with Gasteiger partial charge in [0.25, 0.3) is 5.91 Å². The third-order valence-corrected chi connectivity index (χ3v) is 4.36. The third-order valence-electron chi connectivity index (χ3n) is 3.80. The van der Waals surface area contributed by atoms with Crippen molar-refractivity contribution >= 4 is 29.1 Å². The molecule has 3 aromatic rings. The van der Waals surface area contributed by atoms with Crippen LogP contribution in [0.1, 0.15) is 16.1 Å². The molecule has 1 N–H and O–H groups in total. The predicted octanol–water partition coefficient (Wildman–Crippen LogP) is 4.16.